The number of phenolic OH excluding ortho intramolecular Hbond substituents is 1. The SMILES string of the molecule is CC(C)C(NC(=O)C(CCC(N)=O)NC(=O)C(Cc1ccc(O)cc1)NC(=O)C(N)CC(=O)O)C(=O)O. The molecule has 37 heavy (non-hydrogen) atoms. The third-order valence-electron chi connectivity index (χ3n) is 5.28. The Morgan fingerprint density at radius 2 is 1.41 bits per heavy atom. The molecule has 10 N–H and O–H groups in total. The lowest BCUT2D eigenvalue weighted by atomic mass is 10.0. The number of hydrogen-bond donors (Lipinski definition) is 8. The highest BCUT2D eigenvalue weighted by Gasteiger charge is 2.32. The lowest BCUT2D eigenvalue weighted by Gasteiger charge is -2.26. The fourth-order valence-corrected chi connectivity index (χ4v) is 3.23. The summed E-state index contributed by atoms with van der Waals surface area (Å²) in [7, 11) is 0. The van der Waals surface area contributed by atoms with Crippen LogP contribution in [0.1, 0.15) is 38.7 Å². The number of hydrogen-bond acceptors (Lipinski definition) is 8. The van der Waals surface area contributed by atoms with Crippen LogP contribution in [-0.2, 0) is 35.2 Å². The molecular formula is C23H33N5O9. The minimum absolute atomic E-state index is 0.0430. The largest absolute Gasteiger partial charge is 0.508 e. The first kappa shape index (κ1) is 30.8. The smallest absolute Gasteiger partial charge is 0.326 e. The first-order chi connectivity index (χ1) is 17.2. The van der Waals surface area contributed by atoms with Gasteiger partial charge in [-0.2, -0.15) is 0 Å². The van der Waals surface area contributed by atoms with E-state index in [4.69, 9.17) is 16.6 Å². The number of nitrogens with two attached hydrogens (primary N) is 2. The average Bonchev–Trinajstić information content (AvgIpc) is 2.79. The Labute approximate surface area is 212 Å². The van der Waals surface area contributed by atoms with E-state index in [-0.39, 0.29) is 25.0 Å². The maximum atomic E-state index is 13.2. The molecule has 14 heteroatoms. The molecule has 0 spiro atoms. The third-order valence-corrected chi connectivity index (χ3v) is 5.28. The molecule has 0 aromatic heterocycles. The molecule has 0 aliphatic heterocycles. The number of aromatic hydroxyl groups is 1. The topological polar surface area (TPSA) is 251 Å². The van der Waals surface area contributed by atoms with Crippen molar-refractivity contribution in [1.82, 2.24) is 16.0 Å². The predicted molar refractivity (Wildman–Crippen MR) is 129 cm³/mol. The van der Waals surface area contributed by atoms with Crippen molar-refractivity contribution in [2.24, 2.45) is 17.4 Å². The molecule has 4 unspecified atom stereocenters. The molecule has 0 saturated heterocycles. The summed E-state index contributed by atoms with van der Waals surface area (Å²) in [5.74, 6) is -6.64. The van der Waals surface area contributed by atoms with Crippen molar-refractivity contribution in [3.8, 4) is 5.75 Å². The van der Waals surface area contributed by atoms with Gasteiger partial charge in [-0.1, -0.05) is 26.0 Å². The summed E-state index contributed by atoms with van der Waals surface area (Å²) in [6.07, 6.45) is -1.40. The van der Waals surface area contributed by atoms with Gasteiger partial charge in [-0.05, 0) is 30.0 Å². The summed E-state index contributed by atoms with van der Waals surface area (Å²) in [6, 6.07) is 0.193. The van der Waals surface area contributed by atoms with Gasteiger partial charge in [0.1, 0.15) is 23.9 Å². The van der Waals surface area contributed by atoms with Gasteiger partial charge in [0.2, 0.25) is 23.6 Å². The second-order valence-electron chi connectivity index (χ2n) is 8.77. The van der Waals surface area contributed by atoms with Gasteiger partial charge in [0.15, 0.2) is 0 Å². The van der Waals surface area contributed by atoms with Crippen LogP contribution < -0.4 is 27.4 Å². The first-order valence-electron chi connectivity index (χ1n) is 11.4. The molecule has 0 fully saturated rings. The number of amides is 4. The highest BCUT2D eigenvalue weighted by Crippen LogP contribution is 2.12. The fraction of sp³-hybridized carbons (Fsp3) is 0.478. The average molecular weight is 524 g/mol. The first-order valence-corrected chi connectivity index (χ1v) is 11.4. The number of primary amides is 1. The molecule has 0 heterocycles. The minimum atomic E-state index is -1.47. The number of phenols is 1. The van der Waals surface area contributed by atoms with E-state index in [1.54, 1.807) is 13.8 Å². The van der Waals surface area contributed by atoms with Crippen LogP contribution in [0.25, 0.3) is 0 Å². The van der Waals surface area contributed by atoms with Gasteiger partial charge in [-0.3, -0.25) is 24.0 Å². The molecule has 1 aromatic carbocycles. The molecule has 0 saturated carbocycles. The second-order valence-corrected chi connectivity index (χ2v) is 8.77. The monoisotopic (exact) mass is 523 g/mol. The molecular weight excluding hydrogens is 490 g/mol. The van der Waals surface area contributed by atoms with Crippen LogP contribution in [0.2, 0.25) is 0 Å². The molecule has 14 nitrogen and oxygen atoms in total. The van der Waals surface area contributed by atoms with Crippen LogP contribution in [0.15, 0.2) is 24.3 Å². The Kier molecular flexibility index (Phi) is 12.0. The fourth-order valence-electron chi connectivity index (χ4n) is 3.23. The van der Waals surface area contributed by atoms with Gasteiger partial charge in [-0.25, -0.2) is 4.79 Å². The molecule has 0 radical (unpaired) electrons. The Morgan fingerprint density at radius 3 is 1.89 bits per heavy atom. The molecule has 1 aromatic rings. The lowest BCUT2D eigenvalue weighted by Crippen LogP contribution is -2.58. The van der Waals surface area contributed by atoms with Gasteiger partial charge in [0.05, 0.1) is 12.5 Å². The number of aliphatic carboxylic acids is 2. The maximum Gasteiger partial charge on any atom is 0.326 e. The quantitative estimate of drug-likeness (QED) is 0.128. The van der Waals surface area contributed by atoms with E-state index < -0.39 is 72.1 Å². The highest BCUT2D eigenvalue weighted by atomic mass is 16.4. The van der Waals surface area contributed by atoms with E-state index in [2.05, 4.69) is 16.0 Å². The summed E-state index contributed by atoms with van der Waals surface area (Å²) in [5, 5.41) is 34.8. The van der Waals surface area contributed by atoms with Crippen molar-refractivity contribution in [2.45, 2.75) is 63.7 Å². The van der Waals surface area contributed by atoms with Gasteiger partial charge < -0.3 is 42.7 Å². The molecule has 0 aliphatic carbocycles. The molecule has 4 amide bonds. The third kappa shape index (κ3) is 10.9. The van der Waals surface area contributed by atoms with Crippen LogP contribution in [0.4, 0.5) is 0 Å². The van der Waals surface area contributed by atoms with E-state index in [0.717, 1.165) is 0 Å². The Hall–Kier alpha value is -4.20. The molecule has 0 aliphatic rings. The standard InChI is InChI=1S/C23H33N5O9/c1-11(2)19(23(36)37)28-21(34)15(7-8-17(25)30)26-22(35)16(9-12-3-5-13(29)6-4-12)27-20(33)14(24)10-18(31)32/h3-6,11,14-16,19,29H,7-10,24H2,1-2H3,(H2,25,30)(H,26,35)(H,27,33)(H,28,34)(H,31,32)(H,36,37). The van der Waals surface area contributed by atoms with Crippen LogP contribution in [0.3, 0.4) is 0 Å². The van der Waals surface area contributed by atoms with Gasteiger partial charge >= 0.3 is 11.9 Å². The van der Waals surface area contributed by atoms with Crippen molar-refractivity contribution in [1.29, 1.82) is 0 Å². The highest BCUT2D eigenvalue weighted by molar-refractivity contribution is 5.95. The van der Waals surface area contributed by atoms with Gasteiger partial charge in [0, 0.05) is 12.8 Å². The summed E-state index contributed by atoms with van der Waals surface area (Å²) < 4.78 is 0. The molecule has 0 bridgehead atoms. The number of carbonyl (C=O) groups is 6. The van der Waals surface area contributed by atoms with E-state index in [1.165, 1.54) is 24.3 Å². The van der Waals surface area contributed by atoms with Crippen molar-refractivity contribution in [3.05, 3.63) is 29.8 Å². The van der Waals surface area contributed by atoms with E-state index in [9.17, 15) is 39.0 Å². The summed E-state index contributed by atoms with van der Waals surface area (Å²) in [6.45, 7) is 3.14. The minimum Gasteiger partial charge on any atom is -0.508 e. The number of carbonyl (C=O) groups excluding carboxylic acids is 4. The van der Waals surface area contributed by atoms with Crippen LogP contribution in [0.5, 0.6) is 5.75 Å². The maximum absolute atomic E-state index is 13.2. The molecule has 204 valence electrons. The molecule has 1 rings (SSSR count). The number of carboxylic acid groups (broad SMARTS) is 2. The summed E-state index contributed by atoms with van der Waals surface area (Å²) in [4.78, 5) is 72.1. The number of rotatable bonds is 15. The van der Waals surface area contributed by atoms with Crippen LogP contribution >= 0.6 is 0 Å². The summed E-state index contributed by atoms with van der Waals surface area (Å²) >= 11 is 0. The van der Waals surface area contributed by atoms with Crippen molar-refractivity contribution >= 4 is 35.6 Å². The van der Waals surface area contributed by atoms with E-state index in [1.807, 2.05) is 0 Å². The zero-order chi connectivity index (χ0) is 28.3. The normalized spacial score (nSPS) is 14.1. The van der Waals surface area contributed by atoms with Gasteiger partial charge in [-0.15, -0.1) is 0 Å². The zero-order valence-electron chi connectivity index (χ0n) is 20.5. The van der Waals surface area contributed by atoms with Crippen molar-refractivity contribution < 1.29 is 44.1 Å². The Morgan fingerprint density at radius 1 is 0.865 bits per heavy atom. The number of carboxylic acids is 2. The predicted octanol–water partition coefficient (Wildman–Crippen LogP) is -1.80. The van der Waals surface area contributed by atoms with Crippen molar-refractivity contribution in [3.63, 3.8) is 0 Å². The number of nitrogens with one attached hydrogen (secondary N) is 3. The van der Waals surface area contributed by atoms with Crippen LogP contribution in [-0.4, -0.2) is 75.1 Å². The van der Waals surface area contributed by atoms with Gasteiger partial charge in [0.25, 0.3) is 0 Å². The number of benzene rings is 1. The van der Waals surface area contributed by atoms with E-state index >= 15 is 0 Å². The zero-order valence-corrected chi connectivity index (χ0v) is 20.5. The summed E-state index contributed by atoms with van der Waals surface area (Å²) in [5.41, 5.74) is 11.3. The van der Waals surface area contributed by atoms with Crippen molar-refractivity contribution in [2.75, 3.05) is 0 Å². The second kappa shape index (κ2) is 14.4. The Balaban J connectivity index is 3.18. The van der Waals surface area contributed by atoms with E-state index in [0.29, 0.717) is 5.56 Å². The lowest BCUT2D eigenvalue weighted by molar-refractivity contribution is -0.143. The molecule has 4 atom stereocenters. The Bertz CT molecular complexity index is 997. The van der Waals surface area contributed by atoms with Crippen LogP contribution in [0, 0.1) is 5.92 Å².